The van der Waals surface area contributed by atoms with E-state index >= 15 is 0 Å². The van der Waals surface area contributed by atoms with Crippen molar-refractivity contribution < 1.29 is 9.47 Å². The van der Waals surface area contributed by atoms with Gasteiger partial charge in [0.2, 0.25) is 0 Å². The van der Waals surface area contributed by atoms with E-state index in [0.717, 1.165) is 28.0 Å². The highest BCUT2D eigenvalue weighted by Gasteiger charge is 2.25. The van der Waals surface area contributed by atoms with Crippen LogP contribution in [0.1, 0.15) is 25.8 Å². The van der Waals surface area contributed by atoms with Crippen LogP contribution in [0.15, 0.2) is 16.6 Å². The lowest BCUT2D eigenvalue weighted by molar-refractivity contribution is 0.379. The van der Waals surface area contributed by atoms with Crippen LogP contribution in [-0.4, -0.2) is 20.1 Å². The molecule has 4 heteroatoms. The number of benzene rings is 1. The Balaban J connectivity index is 3.29. The summed E-state index contributed by atoms with van der Waals surface area (Å²) in [6, 6.07) is 3.94. The fraction of sp³-hybridized carbons (Fsp3) is 0.538. The van der Waals surface area contributed by atoms with E-state index in [2.05, 4.69) is 29.8 Å². The van der Waals surface area contributed by atoms with Crippen LogP contribution in [0.3, 0.4) is 0 Å². The summed E-state index contributed by atoms with van der Waals surface area (Å²) in [4.78, 5) is 0. The molecule has 0 saturated heterocycles. The first kappa shape index (κ1) is 14.7. The Hall–Kier alpha value is -0.410. The van der Waals surface area contributed by atoms with E-state index in [0.29, 0.717) is 5.88 Å². The lowest BCUT2D eigenvalue weighted by atomic mass is 9.81. The molecule has 0 saturated carbocycles. The maximum atomic E-state index is 5.86. The summed E-state index contributed by atoms with van der Waals surface area (Å²) in [5, 5.41) is 0. The molecule has 0 aliphatic rings. The fourth-order valence-electron chi connectivity index (χ4n) is 1.76. The topological polar surface area (TPSA) is 18.5 Å². The Labute approximate surface area is 116 Å². The van der Waals surface area contributed by atoms with Crippen LogP contribution in [-0.2, 0) is 5.41 Å². The van der Waals surface area contributed by atoms with E-state index in [1.807, 2.05) is 12.1 Å². The fourth-order valence-corrected chi connectivity index (χ4v) is 2.72. The smallest absolute Gasteiger partial charge is 0.133 e. The second kappa shape index (κ2) is 5.96. The van der Waals surface area contributed by atoms with Crippen molar-refractivity contribution in [1.82, 2.24) is 0 Å². The van der Waals surface area contributed by atoms with Gasteiger partial charge in [-0.15, -0.1) is 11.6 Å². The highest BCUT2D eigenvalue weighted by atomic mass is 79.9. The largest absolute Gasteiger partial charge is 0.496 e. The molecule has 0 N–H and O–H groups in total. The van der Waals surface area contributed by atoms with Crippen molar-refractivity contribution >= 4 is 27.5 Å². The van der Waals surface area contributed by atoms with Crippen molar-refractivity contribution in [1.29, 1.82) is 0 Å². The number of alkyl halides is 1. The van der Waals surface area contributed by atoms with E-state index in [-0.39, 0.29) is 5.41 Å². The van der Waals surface area contributed by atoms with Gasteiger partial charge in [0.1, 0.15) is 11.5 Å². The summed E-state index contributed by atoms with van der Waals surface area (Å²) in [5.41, 5.74) is 1.07. The quantitative estimate of drug-likeness (QED) is 0.750. The molecule has 1 aromatic carbocycles. The second-order valence-corrected chi connectivity index (χ2v) is 5.74. The van der Waals surface area contributed by atoms with Crippen molar-refractivity contribution in [2.24, 2.45) is 0 Å². The van der Waals surface area contributed by atoms with E-state index in [1.54, 1.807) is 14.2 Å². The number of methoxy groups -OCH3 is 2. The number of halogens is 2. The van der Waals surface area contributed by atoms with E-state index in [4.69, 9.17) is 21.1 Å². The zero-order chi connectivity index (χ0) is 13.1. The summed E-state index contributed by atoms with van der Waals surface area (Å²) in [6.07, 6.45) is 0.885. The van der Waals surface area contributed by atoms with Gasteiger partial charge in [-0.25, -0.2) is 0 Å². The molecule has 0 atom stereocenters. The third-order valence-corrected chi connectivity index (χ3v) is 3.73. The zero-order valence-electron chi connectivity index (χ0n) is 10.6. The average molecular weight is 322 g/mol. The Morgan fingerprint density at radius 3 is 2.24 bits per heavy atom. The SMILES string of the molecule is COc1cc(C(C)(C)CCCl)c(OC)cc1Br. The molecule has 0 radical (unpaired) electrons. The highest BCUT2D eigenvalue weighted by Crippen LogP contribution is 2.40. The maximum absolute atomic E-state index is 5.86. The first-order chi connectivity index (χ1) is 7.96. The molecule has 0 heterocycles. The number of hydrogen-bond acceptors (Lipinski definition) is 2. The number of hydrogen-bond donors (Lipinski definition) is 0. The lowest BCUT2D eigenvalue weighted by Gasteiger charge is -2.27. The summed E-state index contributed by atoms with van der Waals surface area (Å²) in [6.45, 7) is 4.31. The van der Waals surface area contributed by atoms with Crippen LogP contribution >= 0.6 is 27.5 Å². The predicted molar refractivity (Wildman–Crippen MR) is 75.6 cm³/mol. The normalized spacial score (nSPS) is 11.4. The van der Waals surface area contributed by atoms with Crippen LogP contribution in [0.2, 0.25) is 0 Å². The zero-order valence-corrected chi connectivity index (χ0v) is 13.0. The molecule has 0 fully saturated rings. The first-order valence-corrected chi connectivity index (χ1v) is 6.77. The van der Waals surface area contributed by atoms with Gasteiger partial charge in [0, 0.05) is 11.4 Å². The molecule has 2 nitrogen and oxygen atoms in total. The molecule has 17 heavy (non-hydrogen) atoms. The molecule has 0 unspecified atom stereocenters. The number of ether oxygens (including phenoxy) is 2. The highest BCUT2D eigenvalue weighted by molar-refractivity contribution is 9.10. The van der Waals surface area contributed by atoms with Crippen molar-refractivity contribution in [2.45, 2.75) is 25.7 Å². The lowest BCUT2D eigenvalue weighted by Crippen LogP contribution is -2.19. The minimum Gasteiger partial charge on any atom is -0.496 e. The Kier molecular flexibility index (Phi) is 5.14. The van der Waals surface area contributed by atoms with Crippen LogP contribution in [0, 0.1) is 0 Å². The molecule has 0 aromatic heterocycles. The second-order valence-electron chi connectivity index (χ2n) is 4.51. The van der Waals surface area contributed by atoms with Gasteiger partial charge in [0.15, 0.2) is 0 Å². The predicted octanol–water partition coefficient (Wildman–Crippen LogP) is 4.37. The molecule has 1 rings (SSSR count). The average Bonchev–Trinajstić information content (AvgIpc) is 2.28. The minimum atomic E-state index is -0.0406. The molecule has 1 aromatic rings. The van der Waals surface area contributed by atoms with Crippen LogP contribution in [0.25, 0.3) is 0 Å². The van der Waals surface area contributed by atoms with Crippen LogP contribution in [0.4, 0.5) is 0 Å². The maximum Gasteiger partial charge on any atom is 0.133 e. The number of rotatable bonds is 5. The van der Waals surface area contributed by atoms with Crippen LogP contribution in [0.5, 0.6) is 11.5 Å². The van der Waals surface area contributed by atoms with Gasteiger partial charge in [0.05, 0.1) is 18.7 Å². The monoisotopic (exact) mass is 320 g/mol. The summed E-state index contributed by atoms with van der Waals surface area (Å²) in [5.74, 6) is 2.28. The summed E-state index contributed by atoms with van der Waals surface area (Å²) in [7, 11) is 3.33. The van der Waals surface area contributed by atoms with Gasteiger partial charge in [-0.3, -0.25) is 0 Å². The van der Waals surface area contributed by atoms with Crippen molar-refractivity contribution in [3.63, 3.8) is 0 Å². The molecular formula is C13H18BrClO2. The van der Waals surface area contributed by atoms with Gasteiger partial charge < -0.3 is 9.47 Å². The Morgan fingerprint density at radius 2 is 1.76 bits per heavy atom. The summed E-state index contributed by atoms with van der Waals surface area (Å²) >= 11 is 9.31. The summed E-state index contributed by atoms with van der Waals surface area (Å²) < 4.78 is 11.6. The van der Waals surface area contributed by atoms with Crippen molar-refractivity contribution in [3.8, 4) is 11.5 Å². The Bertz CT molecular complexity index is 391. The van der Waals surface area contributed by atoms with Gasteiger partial charge >= 0.3 is 0 Å². The first-order valence-electron chi connectivity index (χ1n) is 5.44. The van der Waals surface area contributed by atoms with E-state index < -0.39 is 0 Å². The Morgan fingerprint density at radius 1 is 1.18 bits per heavy atom. The van der Waals surface area contributed by atoms with Crippen LogP contribution < -0.4 is 9.47 Å². The third-order valence-electron chi connectivity index (χ3n) is 2.92. The standard InChI is InChI=1S/C13H18BrClO2/c1-13(2,5-6-15)9-7-12(17-4)10(14)8-11(9)16-3/h7-8H,5-6H2,1-4H3. The van der Waals surface area contributed by atoms with Gasteiger partial charge in [-0.1, -0.05) is 13.8 Å². The third kappa shape index (κ3) is 3.29. The molecular weight excluding hydrogens is 303 g/mol. The van der Waals surface area contributed by atoms with Gasteiger partial charge in [0.25, 0.3) is 0 Å². The molecule has 0 spiro atoms. The molecule has 0 amide bonds. The van der Waals surface area contributed by atoms with E-state index in [9.17, 15) is 0 Å². The van der Waals surface area contributed by atoms with Gasteiger partial charge in [-0.2, -0.15) is 0 Å². The van der Waals surface area contributed by atoms with Crippen molar-refractivity contribution in [3.05, 3.63) is 22.2 Å². The molecule has 0 aliphatic heterocycles. The minimum absolute atomic E-state index is 0.0406. The van der Waals surface area contributed by atoms with Crippen molar-refractivity contribution in [2.75, 3.05) is 20.1 Å². The molecule has 96 valence electrons. The van der Waals surface area contributed by atoms with E-state index in [1.165, 1.54) is 0 Å². The molecule has 0 aliphatic carbocycles. The van der Waals surface area contributed by atoms with Gasteiger partial charge in [-0.05, 0) is 39.9 Å². The molecule has 0 bridgehead atoms.